The molecule has 1 N–H and O–H groups in total. The van der Waals surface area contributed by atoms with Gasteiger partial charge in [0.25, 0.3) is 0 Å². The Bertz CT molecular complexity index is 569. The van der Waals surface area contributed by atoms with Gasteiger partial charge in [-0.3, -0.25) is 9.69 Å². The summed E-state index contributed by atoms with van der Waals surface area (Å²) < 4.78 is 5.03. The molecule has 1 aromatic rings. The molecule has 1 aliphatic heterocycles. The number of amides is 2. The van der Waals surface area contributed by atoms with E-state index in [2.05, 4.69) is 36.2 Å². The minimum absolute atomic E-state index is 0.0316. The summed E-state index contributed by atoms with van der Waals surface area (Å²) in [5.74, 6) is 0.526. The number of benzene rings is 1. The van der Waals surface area contributed by atoms with Crippen molar-refractivity contribution in [2.45, 2.75) is 33.2 Å². The molecule has 6 heteroatoms. The second-order valence-corrected chi connectivity index (χ2v) is 7.12. The summed E-state index contributed by atoms with van der Waals surface area (Å²) in [5.41, 5.74) is 1.14. The normalized spacial score (nSPS) is 16.4. The Labute approximate surface area is 156 Å². The van der Waals surface area contributed by atoms with E-state index in [0.717, 1.165) is 12.0 Å². The van der Waals surface area contributed by atoms with E-state index < -0.39 is 0 Å². The maximum Gasteiger partial charge on any atom is 0.409 e. The molecule has 1 saturated heterocycles. The Morgan fingerprint density at radius 1 is 1.12 bits per heavy atom. The van der Waals surface area contributed by atoms with Crippen molar-refractivity contribution in [2.75, 3.05) is 39.3 Å². The van der Waals surface area contributed by atoms with Crippen molar-refractivity contribution >= 4 is 12.0 Å². The van der Waals surface area contributed by atoms with Crippen LogP contribution in [0.15, 0.2) is 30.3 Å². The molecule has 1 aromatic carbocycles. The van der Waals surface area contributed by atoms with Crippen LogP contribution in [0.3, 0.4) is 0 Å². The Morgan fingerprint density at radius 2 is 1.77 bits per heavy atom. The third-order valence-electron chi connectivity index (χ3n) is 4.51. The van der Waals surface area contributed by atoms with Gasteiger partial charge in [0.15, 0.2) is 0 Å². The molecule has 1 atom stereocenters. The lowest BCUT2D eigenvalue weighted by Gasteiger charge is -2.34. The minimum atomic E-state index is -0.266. The maximum absolute atomic E-state index is 12.5. The molecule has 2 amide bonds. The van der Waals surface area contributed by atoms with Crippen molar-refractivity contribution in [3.63, 3.8) is 0 Å². The second kappa shape index (κ2) is 10.2. The molecule has 26 heavy (non-hydrogen) atoms. The molecule has 6 nitrogen and oxygen atoms in total. The summed E-state index contributed by atoms with van der Waals surface area (Å²) in [7, 11) is 0. The zero-order valence-electron chi connectivity index (χ0n) is 16.1. The highest BCUT2D eigenvalue weighted by Crippen LogP contribution is 2.21. The first kappa shape index (κ1) is 20.2. The number of ether oxygens (including phenoxy) is 1. The zero-order valence-corrected chi connectivity index (χ0v) is 16.1. The highest BCUT2D eigenvalue weighted by Gasteiger charge is 2.24. The largest absolute Gasteiger partial charge is 0.450 e. The van der Waals surface area contributed by atoms with Crippen LogP contribution < -0.4 is 5.32 Å². The molecule has 0 aromatic heterocycles. The number of hydrogen-bond donors (Lipinski definition) is 1. The minimum Gasteiger partial charge on any atom is -0.450 e. The smallest absolute Gasteiger partial charge is 0.409 e. The summed E-state index contributed by atoms with van der Waals surface area (Å²) in [6, 6.07) is 10.1. The molecule has 0 radical (unpaired) electrons. The lowest BCUT2D eigenvalue weighted by Crippen LogP contribution is -2.51. The Kier molecular flexibility index (Phi) is 7.91. The van der Waals surface area contributed by atoms with Gasteiger partial charge in [-0.05, 0) is 24.8 Å². The number of carbonyl (C=O) groups is 2. The van der Waals surface area contributed by atoms with Crippen LogP contribution in [0.1, 0.15) is 38.8 Å². The first-order valence-electron chi connectivity index (χ1n) is 9.48. The Hall–Kier alpha value is -2.08. The molecular weight excluding hydrogens is 330 g/mol. The van der Waals surface area contributed by atoms with Gasteiger partial charge in [-0.25, -0.2) is 4.79 Å². The standard InChI is InChI=1S/C20H31N3O3/c1-4-26-20(25)23-12-10-22(11-13-23)15-19(24)21-18(14-16(2)3)17-8-6-5-7-9-17/h5-9,16,18H,4,10-15H2,1-3H3,(H,21,24)/t18-/m0/s1. The third kappa shape index (κ3) is 6.33. The summed E-state index contributed by atoms with van der Waals surface area (Å²) in [6.07, 6.45) is 0.643. The van der Waals surface area contributed by atoms with E-state index in [0.29, 0.717) is 45.2 Å². The molecule has 2 rings (SSSR count). The molecule has 144 valence electrons. The average Bonchev–Trinajstić information content (AvgIpc) is 2.62. The molecule has 1 heterocycles. The summed E-state index contributed by atoms with van der Waals surface area (Å²) in [4.78, 5) is 28.1. The fraction of sp³-hybridized carbons (Fsp3) is 0.600. The van der Waals surface area contributed by atoms with Gasteiger partial charge in [-0.15, -0.1) is 0 Å². The molecule has 0 spiro atoms. The SMILES string of the molecule is CCOC(=O)N1CCN(CC(=O)N[C@@H](CC(C)C)c2ccccc2)CC1. The summed E-state index contributed by atoms with van der Waals surface area (Å²) in [6.45, 7) is 9.45. The van der Waals surface area contributed by atoms with Gasteiger partial charge in [0.05, 0.1) is 19.2 Å². The number of carbonyl (C=O) groups excluding carboxylic acids is 2. The predicted molar refractivity (Wildman–Crippen MR) is 102 cm³/mol. The number of piperazine rings is 1. The first-order valence-corrected chi connectivity index (χ1v) is 9.48. The van der Waals surface area contributed by atoms with E-state index in [1.807, 2.05) is 18.2 Å². The third-order valence-corrected chi connectivity index (χ3v) is 4.51. The van der Waals surface area contributed by atoms with Gasteiger partial charge in [-0.1, -0.05) is 44.2 Å². The van der Waals surface area contributed by atoms with Crippen molar-refractivity contribution < 1.29 is 14.3 Å². The molecular formula is C20H31N3O3. The fourth-order valence-corrected chi connectivity index (χ4v) is 3.18. The van der Waals surface area contributed by atoms with Gasteiger partial charge in [0.1, 0.15) is 0 Å². The van der Waals surface area contributed by atoms with E-state index in [1.165, 1.54) is 0 Å². The lowest BCUT2D eigenvalue weighted by atomic mass is 9.97. The van der Waals surface area contributed by atoms with Gasteiger partial charge >= 0.3 is 6.09 Å². The second-order valence-electron chi connectivity index (χ2n) is 7.12. The zero-order chi connectivity index (χ0) is 18.9. The summed E-state index contributed by atoms with van der Waals surface area (Å²) >= 11 is 0. The van der Waals surface area contributed by atoms with Crippen LogP contribution in [0.5, 0.6) is 0 Å². The van der Waals surface area contributed by atoms with Crippen LogP contribution in [-0.4, -0.2) is 61.1 Å². The van der Waals surface area contributed by atoms with E-state index >= 15 is 0 Å². The number of nitrogens with zero attached hydrogens (tertiary/aromatic N) is 2. The van der Waals surface area contributed by atoms with Crippen molar-refractivity contribution in [3.05, 3.63) is 35.9 Å². The van der Waals surface area contributed by atoms with Crippen LogP contribution in [0, 0.1) is 5.92 Å². The van der Waals surface area contributed by atoms with Gasteiger partial charge < -0.3 is 15.0 Å². The van der Waals surface area contributed by atoms with Gasteiger partial charge in [0, 0.05) is 26.2 Å². The van der Waals surface area contributed by atoms with Crippen molar-refractivity contribution in [3.8, 4) is 0 Å². The van der Waals surface area contributed by atoms with Crippen molar-refractivity contribution in [2.24, 2.45) is 5.92 Å². The molecule has 0 bridgehead atoms. The van der Waals surface area contributed by atoms with Gasteiger partial charge in [0.2, 0.25) is 5.91 Å². The first-order chi connectivity index (χ1) is 12.5. The highest BCUT2D eigenvalue weighted by molar-refractivity contribution is 5.78. The predicted octanol–water partition coefficient (Wildman–Crippen LogP) is 2.66. The van der Waals surface area contributed by atoms with E-state index in [1.54, 1.807) is 11.8 Å². The average molecular weight is 361 g/mol. The van der Waals surface area contributed by atoms with Crippen LogP contribution >= 0.6 is 0 Å². The van der Waals surface area contributed by atoms with E-state index in [4.69, 9.17) is 4.74 Å². The van der Waals surface area contributed by atoms with Crippen molar-refractivity contribution in [1.29, 1.82) is 0 Å². The fourth-order valence-electron chi connectivity index (χ4n) is 3.18. The maximum atomic E-state index is 12.5. The number of rotatable bonds is 7. The van der Waals surface area contributed by atoms with Crippen molar-refractivity contribution in [1.82, 2.24) is 15.1 Å². The van der Waals surface area contributed by atoms with Crippen LogP contribution in [0.4, 0.5) is 4.79 Å². The van der Waals surface area contributed by atoms with Crippen LogP contribution in [-0.2, 0) is 9.53 Å². The van der Waals surface area contributed by atoms with Crippen LogP contribution in [0.25, 0.3) is 0 Å². The van der Waals surface area contributed by atoms with Gasteiger partial charge in [-0.2, -0.15) is 0 Å². The number of hydrogen-bond acceptors (Lipinski definition) is 4. The summed E-state index contributed by atoms with van der Waals surface area (Å²) in [5, 5.41) is 3.18. The molecule has 0 unspecified atom stereocenters. The van der Waals surface area contributed by atoms with E-state index in [9.17, 15) is 9.59 Å². The monoisotopic (exact) mass is 361 g/mol. The highest BCUT2D eigenvalue weighted by atomic mass is 16.6. The quantitative estimate of drug-likeness (QED) is 0.811. The van der Waals surface area contributed by atoms with Crippen LogP contribution in [0.2, 0.25) is 0 Å². The molecule has 1 fully saturated rings. The molecule has 0 aliphatic carbocycles. The number of nitrogens with one attached hydrogen (secondary N) is 1. The Balaban J connectivity index is 1.84. The molecule has 1 aliphatic rings. The van der Waals surface area contributed by atoms with E-state index in [-0.39, 0.29) is 18.0 Å². The Morgan fingerprint density at radius 3 is 2.35 bits per heavy atom. The molecule has 0 saturated carbocycles. The lowest BCUT2D eigenvalue weighted by molar-refractivity contribution is -0.123. The topological polar surface area (TPSA) is 61.9 Å².